The second kappa shape index (κ2) is 11.8. The molecule has 1 aromatic heterocycles. The fraction of sp³-hybridized carbons (Fsp3) is 0.370. The van der Waals surface area contributed by atoms with Crippen molar-refractivity contribution >= 4 is 17.5 Å². The van der Waals surface area contributed by atoms with Crippen molar-refractivity contribution in [2.75, 3.05) is 31.7 Å². The summed E-state index contributed by atoms with van der Waals surface area (Å²) in [5.74, 6) is 0.951. The van der Waals surface area contributed by atoms with E-state index in [1.54, 1.807) is 41.6 Å². The van der Waals surface area contributed by atoms with E-state index < -0.39 is 5.60 Å². The number of hydrogen-bond donors (Lipinski definition) is 2. The molecule has 10 nitrogen and oxygen atoms in total. The summed E-state index contributed by atoms with van der Waals surface area (Å²) >= 11 is 0. The van der Waals surface area contributed by atoms with Gasteiger partial charge in [0.25, 0.3) is 0 Å². The maximum atomic E-state index is 12.4. The van der Waals surface area contributed by atoms with Crippen LogP contribution in [0.25, 0.3) is 0 Å². The standard InChI is InChI=1S/C27H32N4O6/c1-27(2,3)37-26(33)31-17-19-5-4-6-24(23(19)18-31)35-13-11-34-12-14-36-25-28-15-21(16-29-25)30-20-7-9-22(32)10-8-20/h4-10,15-16,30,32H,11-14,17-18H2,1-3H3. The molecule has 0 saturated heterocycles. The first-order valence-electron chi connectivity index (χ1n) is 12.1. The minimum Gasteiger partial charge on any atom is -0.508 e. The number of anilines is 2. The molecule has 2 aromatic carbocycles. The van der Waals surface area contributed by atoms with Gasteiger partial charge in [-0.1, -0.05) is 12.1 Å². The van der Waals surface area contributed by atoms with Crippen LogP contribution in [-0.4, -0.2) is 58.1 Å². The summed E-state index contributed by atoms with van der Waals surface area (Å²) in [6.07, 6.45) is 2.91. The number of aromatic hydroxyl groups is 1. The number of phenols is 1. The van der Waals surface area contributed by atoms with Gasteiger partial charge in [-0.2, -0.15) is 0 Å². The second-order valence-corrected chi connectivity index (χ2v) is 9.47. The van der Waals surface area contributed by atoms with Crippen LogP contribution in [0.5, 0.6) is 17.5 Å². The maximum Gasteiger partial charge on any atom is 0.410 e. The first-order chi connectivity index (χ1) is 17.8. The third kappa shape index (κ3) is 7.71. The van der Waals surface area contributed by atoms with Gasteiger partial charge in [-0.05, 0) is 56.7 Å². The Bertz CT molecular complexity index is 1180. The number of fused-ring (bicyclic) bond motifs is 1. The predicted octanol–water partition coefficient (Wildman–Crippen LogP) is 4.65. The van der Waals surface area contributed by atoms with E-state index >= 15 is 0 Å². The van der Waals surface area contributed by atoms with Crippen LogP contribution < -0.4 is 14.8 Å². The lowest BCUT2D eigenvalue weighted by molar-refractivity contribution is 0.0241. The molecule has 0 radical (unpaired) electrons. The summed E-state index contributed by atoms with van der Waals surface area (Å²) in [7, 11) is 0. The van der Waals surface area contributed by atoms with Crippen molar-refractivity contribution in [2.45, 2.75) is 39.5 Å². The number of aromatic nitrogens is 2. The first-order valence-corrected chi connectivity index (χ1v) is 12.1. The lowest BCUT2D eigenvalue weighted by Crippen LogP contribution is -2.33. The molecule has 196 valence electrons. The van der Waals surface area contributed by atoms with E-state index in [1.165, 1.54) is 0 Å². The number of amides is 1. The monoisotopic (exact) mass is 508 g/mol. The minimum atomic E-state index is -0.534. The third-order valence-electron chi connectivity index (χ3n) is 5.32. The van der Waals surface area contributed by atoms with Crippen molar-refractivity contribution in [1.82, 2.24) is 14.9 Å². The number of hydrogen-bond acceptors (Lipinski definition) is 9. The van der Waals surface area contributed by atoms with Gasteiger partial charge in [0.05, 0.1) is 37.8 Å². The van der Waals surface area contributed by atoms with Crippen molar-refractivity contribution in [3.05, 3.63) is 66.0 Å². The Hall–Kier alpha value is -4.05. The Labute approximate surface area is 216 Å². The molecule has 2 N–H and O–H groups in total. The minimum absolute atomic E-state index is 0.203. The average molecular weight is 509 g/mol. The number of carbonyl (C=O) groups excluding carboxylic acids is 1. The van der Waals surface area contributed by atoms with Crippen molar-refractivity contribution < 1.29 is 28.8 Å². The highest BCUT2D eigenvalue weighted by Gasteiger charge is 2.29. The molecule has 3 aromatic rings. The zero-order chi connectivity index (χ0) is 26.3. The molecule has 0 spiro atoms. The molecule has 0 unspecified atom stereocenters. The van der Waals surface area contributed by atoms with Crippen LogP contribution in [0.1, 0.15) is 31.9 Å². The highest BCUT2D eigenvalue weighted by atomic mass is 16.6. The molecule has 0 atom stereocenters. The van der Waals surface area contributed by atoms with Crippen molar-refractivity contribution in [3.8, 4) is 17.5 Å². The molecule has 2 heterocycles. The van der Waals surface area contributed by atoms with E-state index in [0.717, 1.165) is 22.6 Å². The Balaban J connectivity index is 1.13. The fourth-order valence-corrected chi connectivity index (χ4v) is 3.65. The zero-order valence-corrected chi connectivity index (χ0v) is 21.3. The molecule has 1 aliphatic heterocycles. The van der Waals surface area contributed by atoms with Crippen molar-refractivity contribution in [3.63, 3.8) is 0 Å². The molecule has 0 fully saturated rings. The lowest BCUT2D eigenvalue weighted by Gasteiger charge is -2.24. The molecule has 37 heavy (non-hydrogen) atoms. The summed E-state index contributed by atoms with van der Waals surface area (Å²) in [5, 5.41) is 12.5. The zero-order valence-electron chi connectivity index (χ0n) is 21.3. The number of benzene rings is 2. The fourth-order valence-electron chi connectivity index (χ4n) is 3.65. The first kappa shape index (κ1) is 26.0. The lowest BCUT2D eigenvalue weighted by atomic mass is 10.1. The Kier molecular flexibility index (Phi) is 8.29. The number of carbonyl (C=O) groups is 1. The SMILES string of the molecule is CC(C)(C)OC(=O)N1Cc2cccc(OCCOCCOc3ncc(Nc4ccc(O)cc4)cn3)c2C1. The molecular formula is C27H32N4O6. The predicted molar refractivity (Wildman–Crippen MR) is 137 cm³/mol. The number of phenolic OH excluding ortho intramolecular Hbond substituents is 1. The molecule has 0 aliphatic carbocycles. The number of ether oxygens (including phenoxy) is 4. The molecular weight excluding hydrogens is 476 g/mol. The van der Waals surface area contributed by atoms with Gasteiger partial charge in [-0.3, -0.25) is 4.90 Å². The summed E-state index contributed by atoms with van der Waals surface area (Å²) in [5.41, 5.74) is 3.03. The normalized spacial score (nSPS) is 12.7. The summed E-state index contributed by atoms with van der Waals surface area (Å²) in [6.45, 7) is 7.95. The summed E-state index contributed by atoms with van der Waals surface area (Å²) < 4.78 is 22.5. The van der Waals surface area contributed by atoms with Crippen LogP contribution >= 0.6 is 0 Å². The molecule has 0 saturated carbocycles. The van der Waals surface area contributed by atoms with E-state index in [2.05, 4.69) is 15.3 Å². The topological polar surface area (TPSA) is 115 Å². The molecule has 10 heteroatoms. The maximum absolute atomic E-state index is 12.4. The molecule has 4 rings (SSSR count). The largest absolute Gasteiger partial charge is 0.508 e. The van der Waals surface area contributed by atoms with Crippen LogP contribution in [0.15, 0.2) is 54.9 Å². The number of rotatable bonds is 10. The van der Waals surface area contributed by atoms with Crippen LogP contribution in [0.3, 0.4) is 0 Å². The van der Waals surface area contributed by atoms with Gasteiger partial charge in [-0.25, -0.2) is 14.8 Å². The van der Waals surface area contributed by atoms with E-state index in [0.29, 0.717) is 45.2 Å². The molecule has 1 aliphatic rings. The Morgan fingerprint density at radius 2 is 1.65 bits per heavy atom. The second-order valence-electron chi connectivity index (χ2n) is 9.47. The van der Waals surface area contributed by atoms with Gasteiger partial charge >= 0.3 is 12.1 Å². The van der Waals surface area contributed by atoms with Crippen LogP contribution in [0.4, 0.5) is 16.2 Å². The average Bonchev–Trinajstić information content (AvgIpc) is 3.30. The van der Waals surface area contributed by atoms with Gasteiger partial charge < -0.3 is 29.4 Å². The van der Waals surface area contributed by atoms with Crippen LogP contribution in [-0.2, 0) is 22.6 Å². The van der Waals surface area contributed by atoms with Crippen LogP contribution in [0, 0.1) is 0 Å². The summed E-state index contributed by atoms with van der Waals surface area (Å²) in [4.78, 5) is 22.4. The highest BCUT2D eigenvalue weighted by Crippen LogP contribution is 2.32. The molecule has 0 bridgehead atoms. The van der Waals surface area contributed by atoms with Gasteiger partial charge in [0.15, 0.2) is 0 Å². The number of nitrogens with one attached hydrogen (secondary N) is 1. The van der Waals surface area contributed by atoms with Crippen molar-refractivity contribution in [2.24, 2.45) is 0 Å². The van der Waals surface area contributed by atoms with Gasteiger partial charge in [0.2, 0.25) is 0 Å². The van der Waals surface area contributed by atoms with E-state index in [9.17, 15) is 9.90 Å². The van der Waals surface area contributed by atoms with Gasteiger partial charge in [-0.15, -0.1) is 0 Å². The highest BCUT2D eigenvalue weighted by molar-refractivity contribution is 5.70. The smallest absolute Gasteiger partial charge is 0.410 e. The van der Waals surface area contributed by atoms with Crippen LogP contribution in [0.2, 0.25) is 0 Å². The van der Waals surface area contributed by atoms with E-state index in [1.807, 2.05) is 39.0 Å². The summed E-state index contributed by atoms with van der Waals surface area (Å²) in [6, 6.07) is 12.8. The van der Waals surface area contributed by atoms with E-state index in [-0.39, 0.29) is 17.9 Å². The Morgan fingerprint density at radius 1 is 0.946 bits per heavy atom. The Morgan fingerprint density at radius 3 is 2.35 bits per heavy atom. The van der Waals surface area contributed by atoms with Gasteiger partial charge in [0.1, 0.15) is 30.3 Å². The number of nitrogens with zero attached hydrogens (tertiary/aromatic N) is 3. The van der Waals surface area contributed by atoms with Crippen molar-refractivity contribution in [1.29, 1.82) is 0 Å². The third-order valence-corrected chi connectivity index (χ3v) is 5.32. The molecule has 1 amide bonds. The van der Waals surface area contributed by atoms with E-state index in [4.69, 9.17) is 18.9 Å². The quantitative estimate of drug-likeness (QED) is 0.298. The van der Waals surface area contributed by atoms with Gasteiger partial charge in [0, 0.05) is 17.8 Å².